The molecule has 0 atom stereocenters. The van der Waals surface area contributed by atoms with E-state index in [9.17, 15) is 9.59 Å². The zero-order valence-corrected chi connectivity index (χ0v) is 16.9. The molecule has 1 aliphatic heterocycles. The second-order valence-electron chi connectivity index (χ2n) is 7.56. The van der Waals surface area contributed by atoms with Crippen molar-refractivity contribution in [2.75, 3.05) is 26.2 Å². The summed E-state index contributed by atoms with van der Waals surface area (Å²) in [5, 5.41) is 6.45. The van der Waals surface area contributed by atoms with Crippen molar-refractivity contribution in [2.24, 2.45) is 0 Å². The lowest BCUT2D eigenvalue weighted by atomic mass is 10.0. The van der Waals surface area contributed by atoms with Gasteiger partial charge in [0, 0.05) is 38.7 Å². The summed E-state index contributed by atoms with van der Waals surface area (Å²) < 4.78 is 10.5. The minimum absolute atomic E-state index is 0.158. The monoisotopic (exact) mass is 415 g/mol. The molecule has 0 radical (unpaired) electrons. The van der Waals surface area contributed by atoms with Gasteiger partial charge in [-0.3, -0.25) is 9.59 Å². The lowest BCUT2D eigenvalue weighted by Gasteiger charge is -2.33. The van der Waals surface area contributed by atoms with Gasteiger partial charge in [0.1, 0.15) is 0 Å². The molecule has 2 aromatic heterocycles. The Bertz CT molecular complexity index is 1220. The van der Waals surface area contributed by atoms with E-state index in [0.717, 1.165) is 5.56 Å². The number of piperazine rings is 1. The fraction of sp³-hybridized carbons (Fsp3) is 0.208. The molecule has 31 heavy (non-hydrogen) atoms. The van der Waals surface area contributed by atoms with Crippen molar-refractivity contribution < 1.29 is 18.5 Å². The second kappa shape index (κ2) is 8.10. The summed E-state index contributed by atoms with van der Waals surface area (Å²) in [6.45, 7) is 1.76. The van der Waals surface area contributed by atoms with Gasteiger partial charge in [-0.05, 0) is 28.5 Å². The first-order valence-electron chi connectivity index (χ1n) is 10.2. The van der Waals surface area contributed by atoms with Crippen LogP contribution in [0.15, 0.2) is 75.9 Å². The van der Waals surface area contributed by atoms with Crippen LogP contribution in [0.2, 0.25) is 0 Å². The Kier molecular flexibility index (Phi) is 5.00. The number of hydrogen-bond acceptors (Lipinski definition) is 5. The number of aromatic nitrogens is 1. The zero-order valence-electron chi connectivity index (χ0n) is 16.9. The SMILES string of the molecule is O=C(c1ccco1)N1CCN(C(=O)c2cc(Cc3cccc4ccccc34)no2)CC1. The minimum atomic E-state index is -0.207. The van der Waals surface area contributed by atoms with Crippen LogP contribution in [0.5, 0.6) is 0 Å². The van der Waals surface area contributed by atoms with E-state index < -0.39 is 0 Å². The number of benzene rings is 2. The van der Waals surface area contributed by atoms with Crippen molar-refractivity contribution >= 4 is 22.6 Å². The Hall–Kier alpha value is -3.87. The number of nitrogens with zero attached hydrogens (tertiary/aromatic N) is 3. The Morgan fingerprint density at radius 3 is 2.29 bits per heavy atom. The number of carbonyl (C=O) groups excluding carboxylic acids is 2. The third-order valence-corrected chi connectivity index (χ3v) is 5.61. The average Bonchev–Trinajstić information content (AvgIpc) is 3.51. The molecule has 156 valence electrons. The quantitative estimate of drug-likeness (QED) is 0.509. The van der Waals surface area contributed by atoms with Gasteiger partial charge in [-0.1, -0.05) is 47.6 Å². The van der Waals surface area contributed by atoms with E-state index in [4.69, 9.17) is 8.94 Å². The number of hydrogen-bond donors (Lipinski definition) is 0. The molecule has 2 aromatic carbocycles. The van der Waals surface area contributed by atoms with Gasteiger partial charge in [0.15, 0.2) is 5.76 Å². The molecular weight excluding hydrogens is 394 g/mol. The van der Waals surface area contributed by atoms with Crippen LogP contribution in [-0.4, -0.2) is 52.9 Å². The fourth-order valence-electron chi connectivity index (χ4n) is 3.96. The number of rotatable bonds is 4. The fourth-order valence-corrected chi connectivity index (χ4v) is 3.96. The molecule has 3 heterocycles. The summed E-state index contributed by atoms with van der Waals surface area (Å²) in [6.07, 6.45) is 2.07. The normalized spacial score (nSPS) is 14.2. The number of carbonyl (C=O) groups is 2. The van der Waals surface area contributed by atoms with Crippen LogP contribution in [0, 0.1) is 0 Å². The standard InChI is InChI=1S/C24H21N3O4/c28-23(21-9-4-14-30-21)26-10-12-27(13-11-26)24(29)22-16-19(25-31-22)15-18-7-3-6-17-5-1-2-8-20(17)18/h1-9,14,16H,10-13,15H2. The first-order chi connectivity index (χ1) is 15.2. The third kappa shape index (κ3) is 3.82. The molecule has 4 aromatic rings. The first kappa shape index (κ1) is 19.1. The largest absolute Gasteiger partial charge is 0.459 e. The topological polar surface area (TPSA) is 79.8 Å². The van der Waals surface area contributed by atoms with Crippen LogP contribution in [0.25, 0.3) is 10.8 Å². The lowest BCUT2D eigenvalue weighted by molar-refractivity contribution is 0.0497. The Labute approximate surface area is 178 Å². The highest BCUT2D eigenvalue weighted by molar-refractivity contribution is 5.93. The zero-order chi connectivity index (χ0) is 21.2. The molecule has 0 aliphatic carbocycles. The van der Waals surface area contributed by atoms with Crippen LogP contribution in [-0.2, 0) is 6.42 Å². The Balaban J connectivity index is 1.24. The first-order valence-corrected chi connectivity index (χ1v) is 10.2. The third-order valence-electron chi connectivity index (χ3n) is 5.61. The lowest BCUT2D eigenvalue weighted by Crippen LogP contribution is -2.50. The van der Waals surface area contributed by atoms with E-state index in [1.54, 1.807) is 28.0 Å². The van der Waals surface area contributed by atoms with E-state index >= 15 is 0 Å². The molecule has 1 aliphatic rings. The van der Waals surface area contributed by atoms with Crippen molar-refractivity contribution in [2.45, 2.75) is 6.42 Å². The maximum atomic E-state index is 12.9. The van der Waals surface area contributed by atoms with Crippen LogP contribution >= 0.6 is 0 Å². The van der Waals surface area contributed by atoms with Gasteiger partial charge >= 0.3 is 0 Å². The second-order valence-corrected chi connectivity index (χ2v) is 7.56. The van der Waals surface area contributed by atoms with Crippen molar-refractivity contribution in [1.82, 2.24) is 15.0 Å². The molecular formula is C24H21N3O4. The van der Waals surface area contributed by atoms with Crippen molar-refractivity contribution in [3.63, 3.8) is 0 Å². The summed E-state index contributed by atoms with van der Waals surface area (Å²) in [6, 6.07) is 19.4. The maximum Gasteiger partial charge on any atom is 0.292 e. The molecule has 0 N–H and O–H groups in total. The highest BCUT2D eigenvalue weighted by Gasteiger charge is 2.28. The van der Waals surface area contributed by atoms with Gasteiger partial charge in [0.05, 0.1) is 12.0 Å². The molecule has 1 saturated heterocycles. The van der Waals surface area contributed by atoms with E-state index in [0.29, 0.717) is 44.1 Å². The molecule has 0 unspecified atom stereocenters. The van der Waals surface area contributed by atoms with Gasteiger partial charge in [0.2, 0.25) is 5.76 Å². The van der Waals surface area contributed by atoms with E-state index in [1.807, 2.05) is 18.2 Å². The van der Waals surface area contributed by atoms with Crippen LogP contribution in [0.4, 0.5) is 0 Å². The number of amides is 2. The van der Waals surface area contributed by atoms with Crippen LogP contribution in [0.1, 0.15) is 32.4 Å². The number of furan rings is 1. The van der Waals surface area contributed by atoms with Crippen molar-refractivity contribution in [1.29, 1.82) is 0 Å². The smallest absolute Gasteiger partial charge is 0.292 e. The molecule has 5 rings (SSSR count). The van der Waals surface area contributed by atoms with Crippen LogP contribution in [0.3, 0.4) is 0 Å². The van der Waals surface area contributed by atoms with Gasteiger partial charge in [-0.25, -0.2) is 0 Å². The summed E-state index contributed by atoms with van der Waals surface area (Å²) in [7, 11) is 0. The Morgan fingerprint density at radius 1 is 0.839 bits per heavy atom. The minimum Gasteiger partial charge on any atom is -0.459 e. The molecule has 0 saturated carbocycles. The molecule has 0 spiro atoms. The highest BCUT2D eigenvalue weighted by atomic mass is 16.5. The summed E-state index contributed by atoms with van der Waals surface area (Å²) in [5.41, 5.74) is 1.85. The predicted octanol–water partition coefficient (Wildman–Crippen LogP) is 3.61. The predicted molar refractivity (Wildman–Crippen MR) is 114 cm³/mol. The van der Waals surface area contributed by atoms with E-state index in [-0.39, 0.29) is 17.6 Å². The van der Waals surface area contributed by atoms with Gasteiger partial charge in [-0.2, -0.15) is 0 Å². The molecule has 2 amide bonds. The molecule has 1 fully saturated rings. The summed E-state index contributed by atoms with van der Waals surface area (Å²) >= 11 is 0. The van der Waals surface area contributed by atoms with E-state index in [1.165, 1.54) is 17.0 Å². The molecule has 7 heteroatoms. The summed E-state index contributed by atoms with van der Waals surface area (Å²) in [4.78, 5) is 28.6. The Morgan fingerprint density at radius 2 is 1.55 bits per heavy atom. The van der Waals surface area contributed by atoms with Crippen molar-refractivity contribution in [3.05, 3.63) is 89.7 Å². The highest BCUT2D eigenvalue weighted by Crippen LogP contribution is 2.22. The van der Waals surface area contributed by atoms with Gasteiger partial charge in [0.25, 0.3) is 11.8 Å². The van der Waals surface area contributed by atoms with Crippen LogP contribution < -0.4 is 0 Å². The van der Waals surface area contributed by atoms with Crippen molar-refractivity contribution in [3.8, 4) is 0 Å². The number of fused-ring (bicyclic) bond motifs is 1. The maximum absolute atomic E-state index is 12.9. The molecule has 7 nitrogen and oxygen atoms in total. The summed E-state index contributed by atoms with van der Waals surface area (Å²) in [5.74, 6) is 0.171. The molecule has 0 bridgehead atoms. The van der Waals surface area contributed by atoms with Gasteiger partial charge < -0.3 is 18.7 Å². The van der Waals surface area contributed by atoms with Gasteiger partial charge in [-0.15, -0.1) is 0 Å². The average molecular weight is 415 g/mol. The van der Waals surface area contributed by atoms with E-state index in [2.05, 4.69) is 29.4 Å².